The standard InChI is InChI=1S/C14H16FN3OS3/c1-2-20-13-17-18-14(22-13)21-9-12(19)16-8-7-10-3-5-11(15)6-4-10/h3-6H,2,7-9H2,1H3,(H,16,19). The lowest BCUT2D eigenvalue weighted by Crippen LogP contribution is -2.27. The third-order valence-corrected chi connectivity index (χ3v) is 5.70. The molecule has 1 amide bonds. The molecule has 0 bridgehead atoms. The van der Waals surface area contributed by atoms with E-state index in [9.17, 15) is 9.18 Å². The molecule has 1 aromatic heterocycles. The Balaban J connectivity index is 1.66. The molecule has 0 aliphatic heterocycles. The molecular formula is C14H16FN3OS3. The Labute approximate surface area is 141 Å². The normalized spacial score (nSPS) is 10.6. The van der Waals surface area contributed by atoms with Crippen LogP contribution in [0.25, 0.3) is 0 Å². The lowest BCUT2D eigenvalue weighted by molar-refractivity contribution is -0.118. The maximum absolute atomic E-state index is 12.8. The van der Waals surface area contributed by atoms with Gasteiger partial charge in [0.1, 0.15) is 5.82 Å². The molecule has 0 saturated carbocycles. The quantitative estimate of drug-likeness (QED) is 0.735. The zero-order valence-corrected chi connectivity index (χ0v) is 14.5. The fraction of sp³-hybridized carbons (Fsp3) is 0.357. The highest BCUT2D eigenvalue weighted by atomic mass is 32.2. The van der Waals surface area contributed by atoms with Gasteiger partial charge in [-0.05, 0) is 29.9 Å². The summed E-state index contributed by atoms with van der Waals surface area (Å²) >= 11 is 4.55. The van der Waals surface area contributed by atoms with E-state index < -0.39 is 0 Å². The van der Waals surface area contributed by atoms with Crippen molar-refractivity contribution in [1.29, 1.82) is 0 Å². The van der Waals surface area contributed by atoms with Gasteiger partial charge in [0.15, 0.2) is 8.68 Å². The fourth-order valence-corrected chi connectivity index (χ4v) is 4.36. The number of benzene rings is 1. The molecule has 0 spiro atoms. The van der Waals surface area contributed by atoms with E-state index >= 15 is 0 Å². The molecule has 0 unspecified atom stereocenters. The first kappa shape index (κ1) is 17.2. The molecule has 2 aromatic rings. The van der Waals surface area contributed by atoms with Gasteiger partial charge in [-0.3, -0.25) is 4.79 Å². The van der Waals surface area contributed by atoms with Gasteiger partial charge in [-0.2, -0.15) is 0 Å². The number of carbonyl (C=O) groups excluding carboxylic acids is 1. The third kappa shape index (κ3) is 5.94. The van der Waals surface area contributed by atoms with Crippen LogP contribution in [0.2, 0.25) is 0 Å². The van der Waals surface area contributed by atoms with Crippen LogP contribution in [0.15, 0.2) is 32.9 Å². The van der Waals surface area contributed by atoms with Crippen molar-refractivity contribution in [2.24, 2.45) is 0 Å². The minimum Gasteiger partial charge on any atom is -0.355 e. The summed E-state index contributed by atoms with van der Waals surface area (Å²) in [6.07, 6.45) is 0.687. The molecule has 22 heavy (non-hydrogen) atoms. The number of hydrogen-bond donors (Lipinski definition) is 1. The van der Waals surface area contributed by atoms with Crippen molar-refractivity contribution in [2.75, 3.05) is 18.1 Å². The first-order chi connectivity index (χ1) is 10.7. The average Bonchev–Trinajstić information content (AvgIpc) is 2.95. The van der Waals surface area contributed by atoms with Crippen LogP contribution in [0.4, 0.5) is 4.39 Å². The number of nitrogens with one attached hydrogen (secondary N) is 1. The molecule has 118 valence electrons. The Hall–Kier alpha value is -1.12. The second kappa shape index (κ2) is 9.12. The lowest BCUT2D eigenvalue weighted by atomic mass is 10.1. The topological polar surface area (TPSA) is 54.9 Å². The number of carbonyl (C=O) groups is 1. The van der Waals surface area contributed by atoms with Crippen LogP contribution in [0, 0.1) is 5.82 Å². The number of aromatic nitrogens is 2. The zero-order valence-electron chi connectivity index (χ0n) is 12.0. The van der Waals surface area contributed by atoms with E-state index in [-0.39, 0.29) is 11.7 Å². The number of hydrogen-bond acceptors (Lipinski definition) is 6. The number of rotatable bonds is 8. The predicted octanol–water partition coefficient (Wildman–Crippen LogP) is 3.24. The first-order valence-electron chi connectivity index (χ1n) is 6.77. The number of nitrogens with zero attached hydrogens (tertiary/aromatic N) is 2. The summed E-state index contributed by atoms with van der Waals surface area (Å²) in [5, 5.41) is 10.9. The maximum atomic E-state index is 12.8. The molecule has 0 fully saturated rings. The van der Waals surface area contributed by atoms with E-state index in [1.54, 1.807) is 23.9 Å². The molecule has 2 rings (SSSR count). The monoisotopic (exact) mass is 357 g/mol. The van der Waals surface area contributed by atoms with Gasteiger partial charge in [0.2, 0.25) is 5.91 Å². The molecule has 0 atom stereocenters. The average molecular weight is 358 g/mol. The van der Waals surface area contributed by atoms with Gasteiger partial charge < -0.3 is 5.32 Å². The van der Waals surface area contributed by atoms with Crippen molar-refractivity contribution < 1.29 is 9.18 Å². The molecule has 0 radical (unpaired) electrons. The Morgan fingerprint density at radius 2 is 1.91 bits per heavy atom. The molecule has 1 N–H and O–H groups in total. The highest BCUT2D eigenvalue weighted by molar-refractivity contribution is 8.03. The highest BCUT2D eigenvalue weighted by Gasteiger charge is 2.08. The largest absolute Gasteiger partial charge is 0.355 e. The van der Waals surface area contributed by atoms with Gasteiger partial charge in [0, 0.05) is 6.54 Å². The first-order valence-corrected chi connectivity index (χ1v) is 9.56. The summed E-state index contributed by atoms with van der Waals surface area (Å²) in [7, 11) is 0. The van der Waals surface area contributed by atoms with E-state index in [1.807, 2.05) is 0 Å². The van der Waals surface area contributed by atoms with Crippen molar-refractivity contribution >= 4 is 40.8 Å². The van der Waals surface area contributed by atoms with Crippen LogP contribution in [-0.2, 0) is 11.2 Å². The van der Waals surface area contributed by atoms with E-state index in [2.05, 4.69) is 22.4 Å². The fourth-order valence-electron chi connectivity index (χ4n) is 1.61. The van der Waals surface area contributed by atoms with Crippen molar-refractivity contribution in [3.63, 3.8) is 0 Å². The van der Waals surface area contributed by atoms with Crippen molar-refractivity contribution in [3.8, 4) is 0 Å². The predicted molar refractivity (Wildman–Crippen MR) is 90.1 cm³/mol. The van der Waals surface area contributed by atoms with Gasteiger partial charge in [0.05, 0.1) is 5.75 Å². The smallest absolute Gasteiger partial charge is 0.230 e. The Morgan fingerprint density at radius 1 is 1.23 bits per heavy atom. The molecule has 1 aromatic carbocycles. The summed E-state index contributed by atoms with van der Waals surface area (Å²) in [6, 6.07) is 6.30. The molecule has 0 aliphatic carbocycles. The van der Waals surface area contributed by atoms with Gasteiger partial charge in [-0.25, -0.2) is 4.39 Å². The van der Waals surface area contributed by atoms with E-state index in [0.29, 0.717) is 18.7 Å². The van der Waals surface area contributed by atoms with Crippen molar-refractivity contribution in [3.05, 3.63) is 35.6 Å². The summed E-state index contributed by atoms with van der Waals surface area (Å²) in [5.41, 5.74) is 1.000. The van der Waals surface area contributed by atoms with Crippen LogP contribution in [0.3, 0.4) is 0 Å². The molecule has 0 saturated heterocycles. The maximum Gasteiger partial charge on any atom is 0.230 e. The Morgan fingerprint density at radius 3 is 2.59 bits per heavy atom. The van der Waals surface area contributed by atoms with Gasteiger partial charge >= 0.3 is 0 Å². The molecule has 0 aliphatic rings. The Kier molecular flexibility index (Phi) is 7.14. The van der Waals surface area contributed by atoms with Crippen LogP contribution in [0.5, 0.6) is 0 Å². The van der Waals surface area contributed by atoms with Crippen LogP contribution >= 0.6 is 34.9 Å². The van der Waals surface area contributed by atoms with Crippen molar-refractivity contribution in [2.45, 2.75) is 22.0 Å². The van der Waals surface area contributed by atoms with E-state index in [0.717, 1.165) is 20.0 Å². The highest BCUT2D eigenvalue weighted by Crippen LogP contribution is 2.28. The minimum atomic E-state index is -0.248. The minimum absolute atomic E-state index is 0.0352. The second-order valence-electron chi connectivity index (χ2n) is 4.28. The SMILES string of the molecule is CCSc1nnc(SCC(=O)NCCc2ccc(F)cc2)s1. The van der Waals surface area contributed by atoms with E-state index in [4.69, 9.17) is 0 Å². The zero-order chi connectivity index (χ0) is 15.8. The third-order valence-electron chi connectivity index (χ3n) is 2.63. The summed E-state index contributed by atoms with van der Waals surface area (Å²) in [5.74, 6) is 1.01. The molecule has 8 heteroatoms. The number of thioether (sulfide) groups is 2. The van der Waals surface area contributed by atoms with Crippen LogP contribution in [-0.4, -0.2) is 34.2 Å². The molecule has 4 nitrogen and oxygen atoms in total. The summed E-state index contributed by atoms with van der Waals surface area (Å²) < 4.78 is 14.5. The van der Waals surface area contributed by atoms with Gasteiger partial charge in [-0.15, -0.1) is 10.2 Å². The van der Waals surface area contributed by atoms with Gasteiger partial charge in [-0.1, -0.05) is 53.9 Å². The van der Waals surface area contributed by atoms with Crippen molar-refractivity contribution in [1.82, 2.24) is 15.5 Å². The lowest BCUT2D eigenvalue weighted by Gasteiger charge is -2.04. The molecular weight excluding hydrogens is 341 g/mol. The summed E-state index contributed by atoms with van der Waals surface area (Å²) in [6.45, 7) is 2.60. The number of amides is 1. The Bertz CT molecular complexity index is 604. The van der Waals surface area contributed by atoms with Crippen LogP contribution < -0.4 is 5.32 Å². The van der Waals surface area contributed by atoms with Crippen LogP contribution in [0.1, 0.15) is 12.5 Å². The molecule has 1 heterocycles. The summed E-state index contributed by atoms with van der Waals surface area (Å²) in [4.78, 5) is 11.8. The van der Waals surface area contributed by atoms with E-state index in [1.165, 1.54) is 35.2 Å². The number of halogens is 1. The van der Waals surface area contributed by atoms with Gasteiger partial charge in [0.25, 0.3) is 0 Å². The second-order valence-corrected chi connectivity index (χ2v) is 7.99.